The van der Waals surface area contributed by atoms with Crippen molar-refractivity contribution in [3.8, 4) is 5.40 Å². The number of halogens is 4. The molecule has 0 saturated carbocycles. The lowest BCUT2D eigenvalue weighted by molar-refractivity contribution is 0.250. The quantitative estimate of drug-likeness (QED) is 0.200. The normalized spacial score (nSPS) is 20.8. The fraction of sp³-hybridized carbons (Fsp3) is 0.167. The largest absolute Gasteiger partial charge is 0.354 e. The van der Waals surface area contributed by atoms with Gasteiger partial charge in [-0.05, 0) is 12.1 Å². The minimum Gasteiger partial charge on any atom is -0.354 e. The van der Waals surface area contributed by atoms with Crippen LogP contribution < -0.4 is 0 Å². The molecule has 28 heavy (non-hydrogen) atoms. The van der Waals surface area contributed by atoms with Crippen molar-refractivity contribution in [2.75, 3.05) is 0 Å². The molecule has 1 aliphatic rings. The summed E-state index contributed by atoms with van der Waals surface area (Å²) in [6.45, 7) is 0.0887. The molecule has 4 rings (SSSR count). The van der Waals surface area contributed by atoms with Gasteiger partial charge in [0.15, 0.2) is 0 Å². The highest BCUT2D eigenvalue weighted by atomic mass is 127. The summed E-state index contributed by atoms with van der Waals surface area (Å²) in [5, 5.41) is 16.1. The van der Waals surface area contributed by atoms with Gasteiger partial charge in [-0.25, -0.2) is 13.5 Å². The van der Waals surface area contributed by atoms with Crippen LogP contribution in [0.3, 0.4) is 0 Å². The van der Waals surface area contributed by atoms with Gasteiger partial charge in [0, 0.05) is 56.6 Å². The second-order valence-corrected chi connectivity index (χ2v) is 8.17. The summed E-state index contributed by atoms with van der Waals surface area (Å²) < 4.78 is 36.1. The predicted molar refractivity (Wildman–Crippen MR) is 108 cm³/mol. The number of ether oxygens (including phenoxy) is 1. The van der Waals surface area contributed by atoms with Gasteiger partial charge in [0.05, 0.1) is 6.54 Å². The molecule has 1 aliphatic heterocycles. The number of nitrogens with zero attached hydrogens (tertiary/aromatic N) is 4. The molecule has 3 aromatic rings. The molecule has 5 nitrogen and oxygen atoms in total. The van der Waals surface area contributed by atoms with E-state index in [9.17, 15) is 8.78 Å². The first-order chi connectivity index (χ1) is 13.4. The summed E-state index contributed by atoms with van der Waals surface area (Å²) in [7, 11) is 0. The summed E-state index contributed by atoms with van der Waals surface area (Å²) >= 11 is 9.09. The van der Waals surface area contributed by atoms with E-state index in [1.807, 2.05) is 34.1 Å². The lowest BCUT2D eigenvalue weighted by atomic mass is 9.91. The average molecular weight is 531 g/mol. The van der Waals surface area contributed by atoms with Crippen molar-refractivity contribution in [3.05, 3.63) is 74.1 Å². The predicted octanol–water partition coefficient (Wildman–Crippen LogP) is 5.05. The standard InChI is InChI=1S/C18H10ClF2IN4OS/c19-13-4-2-1-3-11(13)15-18(27-15,12-6-5-10(20)7-14(12)21)8-26-17(28-9-23)24-16(22)25-26/h1-7,15H,8H2/t15-,18-/m0/s1. The molecule has 0 bridgehead atoms. The second kappa shape index (κ2) is 7.59. The Hall–Kier alpha value is -1.74. The first-order valence-electron chi connectivity index (χ1n) is 7.98. The average Bonchev–Trinajstić information content (AvgIpc) is 3.24. The van der Waals surface area contributed by atoms with E-state index in [1.165, 1.54) is 16.8 Å². The van der Waals surface area contributed by atoms with Crippen molar-refractivity contribution in [2.45, 2.75) is 23.4 Å². The fourth-order valence-corrected chi connectivity index (χ4v) is 4.48. The maximum absolute atomic E-state index is 14.7. The number of benzene rings is 2. The van der Waals surface area contributed by atoms with Crippen LogP contribution in [0.1, 0.15) is 17.2 Å². The summed E-state index contributed by atoms with van der Waals surface area (Å²) in [6, 6.07) is 10.5. The van der Waals surface area contributed by atoms with E-state index in [4.69, 9.17) is 21.6 Å². The Morgan fingerprint density at radius 2 is 2.11 bits per heavy atom. The number of aromatic nitrogens is 3. The first kappa shape index (κ1) is 19.6. The highest BCUT2D eigenvalue weighted by molar-refractivity contribution is 14.1. The van der Waals surface area contributed by atoms with Crippen molar-refractivity contribution in [1.29, 1.82) is 5.26 Å². The Bertz CT molecular complexity index is 1110. The van der Waals surface area contributed by atoms with Crippen LogP contribution in [0.4, 0.5) is 8.78 Å². The molecule has 0 spiro atoms. The Morgan fingerprint density at radius 1 is 1.32 bits per heavy atom. The molecule has 1 saturated heterocycles. The van der Waals surface area contributed by atoms with Crippen LogP contribution in [0, 0.1) is 26.1 Å². The highest BCUT2D eigenvalue weighted by Gasteiger charge is 2.61. The minimum atomic E-state index is -1.15. The van der Waals surface area contributed by atoms with Crippen LogP contribution >= 0.6 is 46.0 Å². The Kier molecular flexibility index (Phi) is 5.30. The third-order valence-electron chi connectivity index (χ3n) is 4.40. The highest BCUT2D eigenvalue weighted by Crippen LogP contribution is 2.59. The van der Waals surface area contributed by atoms with Crippen molar-refractivity contribution in [1.82, 2.24) is 14.8 Å². The van der Waals surface area contributed by atoms with Crippen molar-refractivity contribution < 1.29 is 13.5 Å². The summed E-state index contributed by atoms with van der Waals surface area (Å²) in [5.74, 6) is -1.40. The Balaban J connectivity index is 1.80. The number of hydrogen-bond donors (Lipinski definition) is 0. The number of rotatable bonds is 5. The zero-order chi connectivity index (χ0) is 19.9. The number of epoxide rings is 1. The molecule has 0 aliphatic carbocycles. The molecule has 2 heterocycles. The molecule has 0 N–H and O–H groups in total. The molecule has 1 fully saturated rings. The van der Waals surface area contributed by atoms with Gasteiger partial charge in [-0.3, -0.25) is 0 Å². The Morgan fingerprint density at radius 3 is 2.82 bits per heavy atom. The van der Waals surface area contributed by atoms with E-state index in [1.54, 1.807) is 18.2 Å². The summed E-state index contributed by atoms with van der Waals surface area (Å²) in [4.78, 5) is 4.20. The van der Waals surface area contributed by atoms with Gasteiger partial charge < -0.3 is 4.74 Å². The van der Waals surface area contributed by atoms with Gasteiger partial charge in [-0.1, -0.05) is 35.9 Å². The maximum atomic E-state index is 14.7. The van der Waals surface area contributed by atoms with E-state index in [2.05, 4.69) is 10.1 Å². The van der Waals surface area contributed by atoms with Crippen molar-refractivity contribution >= 4 is 46.0 Å². The number of nitriles is 1. The number of thiocyanates is 1. The molecular formula is C18H10ClF2IN4OS. The third-order valence-corrected chi connectivity index (χ3v) is 5.78. The zero-order valence-electron chi connectivity index (χ0n) is 13.9. The van der Waals surface area contributed by atoms with Crippen molar-refractivity contribution in [3.63, 3.8) is 0 Å². The lowest BCUT2D eigenvalue weighted by Crippen LogP contribution is -2.22. The SMILES string of the molecule is N#CSc1nc(I)nn1C[C@@]1(c2ccc(F)cc2F)O[C@H]1c1ccccc1Cl. The van der Waals surface area contributed by atoms with Crippen LogP contribution in [-0.4, -0.2) is 14.8 Å². The second-order valence-electron chi connectivity index (χ2n) is 6.05. The summed E-state index contributed by atoms with van der Waals surface area (Å²) in [5.41, 5.74) is -0.265. The fourth-order valence-electron chi connectivity index (χ4n) is 3.16. The van der Waals surface area contributed by atoms with Crippen LogP contribution in [0.2, 0.25) is 5.02 Å². The van der Waals surface area contributed by atoms with E-state index in [-0.39, 0.29) is 12.1 Å². The smallest absolute Gasteiger partial charge is 0.212 e. The Labute approximate surface area is 181 Å². The van der Waals surface area contributed by atoms with E-state index < -0.39 is 23.3 Å². The molecule has 1 aromatic heterocycles. The van der Waals surface area contributed by atoms with Crippen LogP contribution in [0.5, 0.6) is 0 Å². The summed E-state index contributed by atoms with van der Waals surface area (Å²) in [6.07, 6.45) is -0.553. The number of thioether (sulfide) groups is 1. The van der Waals surface area contributed by atoms with Gasteiger partial charge in [0.2, 0.25) is 8.99 Å². The maximum Gasteiger partial charge on any atom is 0.212 e. The minimum absolute atomic E-state index is 0.0887. The van der Waals surface area contributed by atoms with Gasteiger partial charge in [0.25, 0.3) is 0 Å². The van der Waals surface area contributed by atoms with Gasteiger partial charge in [0.1, 0.15) is 28.7 Å². The monoisotopic (exact) mass is 530 g/mol. The van der Waals surface area contributed by atoms with Crippen molar-refractivity contribution in [2.24, 2.45) is 0 Å². The molecule has 10 heteroatoms. The molecule has 0 amide bonds. The molecule has 2 atom stereocenters. The zero-order valence-corrected chi connectivity index (χ0v) is 17.7. The molecule has 142 valence electrons. The van der Waals surface area contributed by atoms with Gasteiger partial charge in [-0.2, -0.15) is 10.2 Å². The van der Waals surface area contributed by atoms with E-state index in [0.29, 0.717) is 19.6 Å². The van der Waals surface area contributed by atoms with Crippen LogP contribution in [0.25, 0.3) is 0 Å². The van der Waals surface area contributed by atoms with Gasteiger partial charge in [-0.15, -0.1) is 5.10 Å². The molecule has 2 aromatic carbocycles. The van der Waals surface area contributed by atoms with E-state index >= 15 is 0 Å². The van der Waals surface area contributed by atoms with Crippen LogP contribution in [0.15, 0.2) is 47.6 Å². The molecule has 0 unspecified atom stereocenters. The number of hydrogen-bond acceptors (Lipinski definition) is 5. The third kappa shape index (κ3) is 3.50. The van der Waals surface area contributed by atoms with Gasteiger partial charge >= 0.3 is 0 Å². The van der Waals surface area contributed by atoms with E-state index in [0.717, 1.165) is 17.8 Å². The van der Waals surface area contributed by atoms with Crippen LogP contribution in [-0.2, 0) is 16.9 Å². The topological polar surface area (TPSA) is 67.0 Å². The molecule has 0 radical (unpaired) electrons. The first-order valence-corrected chi connectivity index (χ1v) is 10.3. The molecular weight excluding hydrogens is 521 g/mol. The lowest BCUT2D eigenvalue weighted by Gasteiger charge is -2.16.